The van der Waals surface area contributed by atoms with Gasteiger partial charge in [0.1, 0.15) is 12.4 Å². The number of aliphatic hydroxyl groups is 1. The molecule has 1 atom stereocenters. The summed E-state index contributed by atoms with van der Waals surface area (Å²) in [4.78, 5) is 0. The summed E-state index contributed by atoms with van der Waals surface area (Å²) >= 11 is 3.40. The van der Waals surface area contributed by atoms with E-state index >= 15 is 0 Å². The molecule has 0 saturated heterocycles. The first-order chi connectivity index (χ1) is 9.66. The van der Waals surface area contributed by atoms with Crippen molar-refractivity contribution in [1.29, 1.82) is 0 Å². The van der Waals surface area contributed by atoms with Crippen molar-refractivity contribution in [3.8, 4) is 5.75 Å². The molecule has 0 spiro atoms. The highest BCUT2D eigenvalue weighted by atomic mass is 79.9. The molecule has 0 heterocycles. The predicted molar refractivity (Wildman–Crippen MR) is 85.7 cm³/mol. The lowest BCUT2D eigenvalue weighted by molar-refractivity contribution is 0.193. The monoisotopic (exact) mass is 332 g/mol. The molecule has 0 aliphatic carbocycles. The van der Waals surface area contributed by atoms with Crippen molar-refractivity contribution in [3.05, 3.63) is 70.2 Å². The van der Waals surface area contributed by atoms with E-state index in [1.165, 1.54) is 0 Å². The number of benzene rings is 2. The van der Waals surface area contributed by atoms with Gasteiger partial charge in [0.05, 0.1) is 6.10 Å². The first kappa shape index (κ1) is 14.8. The van der Waals surface area contributed by atoms with E-state index in [9.17, 15) is 5.11 Å². The Kier molecular flexibility index (Phi) is 5.39. The lowest BCUT2D eigenvalue weighted by Crippen LogP contribution is -2.00. The lowest BCUT2D eigenvalue weighted by Gasteiger charge is -2.12. The van der Waals surface area contributed by atoms with E-state index in [0.717, 1.165) is 15.6 Å². The molecule has 3 heteroatoms. The summed E-state index contributed by atoms with van der Waals surface area (Å²) in [7, 11) is 0. The zero-order valence-corrected chi connectivity index (χ0v) is 12.9. The van der Waals surface area contributed by atoms with Gasteiger partial charge in [-0.2, -0.15) is 0 Å². The maximum Gasteiger partial charge on any atom is 0.125 e. The first-order valence-electron chi connectivity index (χ1n) is 6.48. The summed E-state index contributed by atoms with van der Waals surface area (Å²) in [5.41, 5.74) is 1.93. The topological polar surface area (TPSA) is 29.5 Å². The number of aliphatic hydroxyl groups excluding tert-OH is 1. The van der Waals surface area contributed by atoms with Gasteiger partial charge in [-0.15, -0.1) is 0 Å². The van der Waals surface area contributed by atoms with Crippen LogP contribution >= 0.6 is 15.9 Å². The molecule has 1 N–H and O–H groups in total. The molecule has 0 aliphatic rings. The molecule has 0 saturated carbocycles. The quantitative estimate of drug-likeness (QED) is 0.867. The highest BCUT2D eigenvalue weighted by molar-refractivity contribution is 9.10. The lowest BCUT2D eigenvalue weighted by atomic mass is 10.1. The molecule has 2 rings (SSSR count). The molecule has 2 aromatic rings. The Morgan fingerprint density at radius 1 is 1.20 bits per heavy atom. The molecule has 20 heavy (non-hydrogen) atoms. The van der Waals surface area contributed by atoms with Crippen LogP contribution < -0.4 is 4.74 Å². The summed E-state index contributed by atoms with van der Waals surface area (Å²) in [6.45, 7) is 2.20. The Hall–Kier alpha value is -1.58. The van der Waals surface area contributed by atoms with E-state index in [2.05, 4.69) is 15.9 Å². The van der Waals surface area contributed by atoms with Gasteiger partial charge in [0.25, 0.3) is 0 Å². The van der Waals surface area contributed by atoms with Crippen LogP contribution in [0.3, 0.4) is 0 Å². The Morgan fingerprint density at radius 3 is 2.65 bits per heavy atom. The summed E-state index contributed by atoms with van der Waals surface area (Å²) in [6.07, 6.45) is 3.42. The minimum absolute atomic E-state index is 0.468. The molecule has 2 nitrogen and oxygen atoms in total. The highest BCUT2D eigenvalue weighted by Crippen LogP contribution is 2.28. The minimum atomic E-state index is -0.555. The van der Waals surface area contributed by atoms with Gasteiger partial charge in [0, 0.05) is 10.0 Å². The molecule has 0 radical (unpaired) electrons. The van der Waals surface area contributed by atoms with Crippen LogP contribution in [0.2, 0.25) is 0 Å². The van der Waals surface area contributed by atoms with Crippen molar-refractivity contribution < 1.29 is 9.84 Å². The zero-order chi connectivity index (χ0) is 14.4. The van der Waals surface area contributed by atoms with Gasteiger partial charge >= 0.3 is 0 Å². The second-order valence-electron chi connectivity index (χ2n) is 4.48. The van der Waals surface area contributed by atoms with Crippen LogP contribution in [-0.4, -0.2) is 11.7 Å². The molecule has 0 bridgehead atoms. The van der Waals surface area contributed by atoms with Crippen LogP contribution in [0.25, 0.3) is 6.08 Å². The molecule has 104 valence electrons. The maximum atomic E-state index is 9.74. The number of halogens is 1. The minimum Gasteiger partial charge on any atom is -0.489 e. The van der Waals surface area contributed by atoms with E-state index < -0.39 is 6.10 Å². The van der Waals surface area contributed by atoms with Crippen molar-refractivity contribution in [1.82, 2.24) is 0 Å². The summed E-state index contributed by atoms with van der Waals surface area (Å²) in [5.74, 6) is 0.709. The van der Waals surface area contributed by atoms with Crippen LogP contribution in [0.5, 0.6) is 5.75 Å². The third-order valence-corrected chi connectivity index (χ3v) is 3.36. The molecular weight excluding hydrogens is 316 g/mol. The number of hydrogen-bond donors (Lipinski definition) is 1. The van der Waals surface area contributed by atoms with E-state index in [4.69, 9.17) is 4.74 Å². The predicted octanol–water partition coefficient (Wildman–Crippen LogP) is 4.59. The van der Waals surface area contributed by atoms with Crippen LogP contribution in [0, 0.1) is 0 Å². The number of hydrogen-bond acceptors (Lipinski definition) is 2. The smallest absolute Gasteiger partial charge is 0.125 e. The average molecular weight is 333 g/mol. The molecular formula is C17H17BrO2. The SMILES string of the molecule is CC(O)c1cc(Br)ccc1OCC=Cc1ccccc1. The van der Waals surface area contributed by atoms with Crippen LogP contribution in [-0.2, 0) is 0 Å². The zero-order valence-electron chi connectivity index (χ0n) is 11.3. The standard InChI is InChI=1S/C17H17BrO2/c1-13(19)16-12-15(18)9-10-17(16)20-11-5-8-14-6-3-2-4-7-14/h2-10,12-13,19H,11H2,1H3. The number of rotatable bonds is 5. The van der Waals surface area contributed by atoms with Crippen molar-refractivity contribution in [2.75, 3.05) is 6.61 Å². The maximum absolute atomic E-state index is 9.74. The summed E-state index contributed by atoms with van der Waals surface area (Å²) in [6, 6.07) is 15.7. The summed E-state index contributed by atoms with van der Waals surface area (Å²) in [5, 5.41) is 9.74. The number of ether oxygens (including phenoxy) is 1. The normalized spacial score (nSPS) is 12.6. The van der Waals surface area contributed by atoms with Gasteiger partial charge in [-0.3, -0.25) is 0 Å². The molecule has 0 aliphatic heterocycles. The molecule has 0 aromatic heterocycles. The fourth-order valence-electron chi connectivity index (χ4n) is 1.86. The van der Waals surface area contributed by atoms with E-state index in [-0.39, 0.29) is 0 Å². The van der Waals surface area contributed by atoms with E-state index in [0.29, 0.717) is 12.4 Å². The van der Waals surface area contributed by atoms with Gasteiger partial charge in [-0.1, -0.05) is 52.3 Å². The third-order valence-electron chi connectivity index (χ3n) is 2.87. The van der Waals surface area contributed by atoms with Crippen molar-refractivity contribution in [2.24, 2.45) is 0 Å². The molecule has 0 fully saturated rings. The fraction of sp³-hybridized carbons (Fsp3) is 0.176. The largest absolute Gasteiger partial charge is 0.489 e. The van der Waals surface area contributed by atoms with Gasteiger partial charge < -0.3 is 9.84 Å². The Bertz CT molecular complexity index is 577. The van der Waals surface area contributed by atoms with E-state index in [1.807, 2.05) is 60.7 Å². The van der Waals surface area contributed by atoms with Crippen molar-refractivity contribution >= 4 is 22.0 Å². The Balaban J connectivity index is 1.99. The Labute approximate surface area is 127 Å². The summed E-state index contributed by atoms with van der Waals surface area (Å²) < 4.78 is 6.64. The highest BCUT2D eigenvalue weighted by Gasteiger charge is 2.09. The van der Waals surface area contributed by atoms with Gasteiger partial charge in [0.2, 0.25) is 0 Å². The van der Waals surface area contributed by atoms with Gasteiger partial charge in [0.15, 0.2) is 0 Å². The average Bonchev–Trinajstić information content (AvgIpc) is 2.45. The van der Waals surface area contributed by atoms with E-state index in [1.54, 1.807) is 6.92 Å². The second-order valence-corrected chi connectivity index (χ2v) is 5.40. The molecule has 1 unspecified atom stereocenters. The van der Waals surface area contributed by atoms with Crippen molar-refractivity contribution in [2.45, 2.75) is 13.0 Å². The van der Waals surface area contributed by atoms with Gasteiger partial charge in [-0.05, 0) is 36.8 Å². The van der Waals surface area contributed by atoms with Crippen LogP contribution in [0.15, 0.2) is 59.1 Å². The van der Waals surface area contributed by atoms with Crippen LogP contribution in [0.4, 0.5) is 0 Å². The molecule has 2 aromatic carbocycles. The molecule has 0 amide bonds. The third kappa shape index (κ3) is 4.22. The Morgan fingerprint density at radius 2 is 1.95 bits per heavy atom. The van der Waals surface area contributed by atoms with Gasteiger partial charge in [-0.25, -0.2) is 0 Å². The van der Waals surface area contributed by atoms with Crippen molar-refractivity contribution in [3.63, 3.8) is 0 Å². The van der Waals surface area contributed by atoms with Crippen LogP contribution in [0.1, 0.15) is 24.2 Å². The first-order valence-corrected chi connectivity index (χ1v) is 7.28. The second kappa shape index (κ2) is 7.27. The fourth-order valence-corrected chi connectivity index (χ4v) is 2.24.